The molecule has 9 heteroatoms. The highest BCUT2D eigenvalue weighted by molar-refractivity contribution is 6.18. The van der Waals surface area contributed by atoms with E-state index in [1.54, 1.807) is 27.0 Å². The van der Waals surface area contributed by atoms with Crippen LogP contribution >= 0.6 is 0 Å². The molecule has 160 valence electrons. The number of aliphatic hydroxyl groups is 1. The zero-order valence-corrected chi connectivity index (χ0v) is 16.9. The molecule has 0 aromatic carbocycles. The number of amides is 2. The van der Waals surface area contributed by atoms with Crippen molar-refractivity contribution in [1.82, 2.24) is 10.2 Å². The topological polar surface area (TPSA) is 176 Å². The van der Waals surface area contributed by atoms with Crippen LogP contribution in [0.25, 0.3) is 0 Å². The van der Waals surface area contributed by atoms with Gasteiger partial charge in [-0.15, -0.1) is 0 Å². The molecule has 0 spiro atoms. The Hall–Kier alpha value is -2.07. The van der Waals surface area contributed by atoms with Crippen LogP contribution < -0.4 is 11.1 Å². The first-order chi connectivity index (χ1) is 12.1. The van der Waals surface area contributed by atoms with Gasteiger partial charge in [0.1, 0.15) is 6.10 Å². The zero-order chi connectivity index (χ0) is 19.6. The van der Waals surface area contributed by atoms with Crippen LogP contribution in [0.15, 0.2) is 23.3 Å². The van der Waals surface area contributed by atoms with Crippen LogP contribution in [0.4, 0.5) is 0 Å². The smallest absolute Gasteiger partial charge is 0.260 e. The van der Waals surface area contributed by atoms with Crippen LogP contribution in [0.2, 0.25) is 0 Å². The summed E-state index contributed by atoms with van der Waals surface area (Å²) in [4.78, 5) is 40.6. The molecule has 28 heavy (non-hydrogen) atoms. The van der Waals surface area contributed by atoms with Crippen LogP contribution in [0.5, 0.6) is 0 Å². The fourth-order valence-corrected chi connectivity index (χ4v) is 3.49. The van der Waals surface area contributed by atoms with Crippen molar-refractivity contribution in [2.45, 2.75) is 57.7 Å². The summed E-state index contributed by atoms with van der Waals surface area (Å²) in [7, 11) is 1.61. The lowest BCUT2D eigenvalue weighted by Crippen LogP contribution is -2.68. The first kappa shape index (κ1) is 25.9. The average molecular weight is 399 g/mol. The molecule has 0 saturated heterocycles. The summed E-state index contributed by atoms with van der Waals surface area (Å²) in [5.41, 5.74) is 5.45. The fraction of sp³-hybridized carbons (Fsp3) is 0.632. The lowest BCUT2D eigenvalue weighted by molar-refractivity contribution is -0.148. The number of carbonyl (C=O) groups is 3. The van der Waals surface area contributed by atoms with E-state index < -0.39 is 35.3 Å². The van der Waals surface area contributed by atoms with Gasteiger partial charge in [-0.05, 0) is 37.7 Å². The van der Waals surface area contributed by atoms with Crippen LogP contribution in [0.3, 0.4) is 0 Å². The van der Waals surface area contributed by atoms with Gasteiger partial charge in [-0.3, -0.25) is 14.4 Å². The van der Waals surface area contributed by atoms with Gasteiger partial charge in [0.15, 0.2) is 5.78 Å². The SMILES string of the molecule is CC(C)[C@H](O)C(=O)N[C@@]1(C(=O)[C@H](C)N)C(=O)N(C)CCC2=C1C=CCC2.O.O. The quantitative estimate of drug-likeness (QED) is 0.482. The van der Waals surface area contributed by atoms with E-state index in [0.29, 0.717) is 18.5 Å². The number of ketones is 1. The molecule has 0 unspecified atom stereocenters. The summed E-state index contributed by atoms with van der Waals surface area (Å²) in [6.07, 6.45) is 4.50. The Morgan fingerprint density at radius 3 is 2.39 bits per heavy atom. The van der Waals surface area contributed by atoms with Gasteiger partial charge in [-0.25, -0.2) is 0 Å². The third-order valence-electron chi connectivity index (χ3n) is 5.09. The van der Waals surface area contributed by atoms with Gasteiger partial charge >= 0.3 is 0 Å². The fourth-order valence-electron chi connectivity index (χ4n) is 3.49. The number of hydrogen-bond acceptors (Lipinski definition) is 5. The van der Waals surface area contributed by atoms with Crippen molar-refractivity contribution in [3.63, 3.8) is 0 Å². The van der Waals surface area contributed by atoms with E-state index in [1.165, 1.54) is 11.8 Å². The van der Waals surface area contributed by atoms with Gasteiger partial charge in [-0.1, -0.05) is 31.6 Å². The third-order valence-corrected chi connectivity index (χ3v) is 5.09. The molecule has 1 heterocycles. The van der Waals surface area contributed by atoms with E-state index in [1.807, 2.05) is 6.08 Å². The minimum atomic E-state index is -1.89. The third kappa shape index (κ3) is 4.49. The highest BCUT2D eigenvalue weighted by Gasteiger charge is 2.54. The molecule has 1 aliphatic heterocycles. The molecule has 2 aliphatic rings. The van der Waals surface area contributed by atoms with Crippen LogP contribution in [0, 0.1) is 5.92 Å². The molecule has 0 aromatic heterocycles. The van der Waals surface area contributed by atoms with Crippen molar-refractivity contribution >= 4 is 17.6 Å². The summed E-state index contributed by atoms with van der Waals surface area (Å²) >= 11 is 0. The molecule has 0 fully saturated rings. The maximum Gasteiger partial charge on any atom is 0.260 e. The largest absolute Gasteiger partial charge is 0.412 e. The second-order valence-corrected chi connectivity index (χ2v) is 7.52. The van der Waals surface area contributed by atoms with E-state index in [2.05, 4.69) is 5.32 Å². The Morgan fingerprint density at radius 1 is 1.25 bits per heavy atom. The Kier molecular flexibility index (Phi) is 9.19. The molecule has 2 rings (SSSR count). The summed E-state index contributed by atoms with van der Waals surface area (Å²) in [6.45, 7) is 5.34. The number of carbonyl (C=O) groups excluding carboxylic acids is 3. The van der Waals surface area contributed by atoms with Crippen molar-refractivity contribution in [1.29, 1.82) is 0 Å². The number of aliphatic hydroxyl groups excluding tert-OH is 1. The normalized spacial score (nSPS) is 23.8. The number of nitrogens with one attached hydrogen (secondary N) is 1. The molecule has 0 saturated carbocycles. The van der Waals surface area contributed by atoms with Crippen LogP contribution in [-0.4, -0.2) is 69.8 Å². The van der Waals surface area contributed by atoms with Gasteiger partial charge in [0.2, 0.25) is 5.54 Å². The highest BCUT2D eigenvalue weighted by Crippen LogP contribution is 2.35. The lowest BCUT2D eigenvalue weighted by atomic mass is 9.76. The number of allylic oxidation sites excluding steroid dienone is 1. The molecule has 1 aliphatic carbocycles. The molecule has 9 nitrogen and oxygen atoms in total. The molecular weight excluding hydrogens is 366 g/mol. The van der Waals surface area contributed by atoms with Crippen molar-refractivity contribution < 1.29 is 30.4 Å². The number of nitrogens with zero attached hydrogens (tertiary/aromatic N) is 1. The van der Waals surface area contributed by atoms with E-state index in [-0.39, 0.29) is 16.9 Å². The van der Waals surface area contributed by atoms with Crippen molar-refractivity contribution in [3.8, 4) is 0 Å². The second-order valence-electron chi connectivity index (χ2n) is 7.52. The number of likely N-dealkylation sites (N-methyl/N-ethyl adjacent to an activating group) is 1. The van der Waals surface area contributed by atoms with Crippen molar-refractivity contribution in [3.05, 3.63) is 23.3 Å². The van der Waals surface area contributed by atoms with Gasteiger partial charge in [-0.2, -0.15) is 0 Å². The Bertz CT molecular complexity index is 671. The Labute approximate surface area is 165 Å². The summed E-state index contributed by atoms with van der Waals surface area (Å²) < 4.78 is 0. The monoisotopic (exact) mass is 399 g/mol. The first-order valence-corrected chi connectivity index (χ1v) is 9.07. The predicted octanol–water partition coefficient (Wildman–Crippen LogP) is -1.37. The summed E-state index contributed by atoms with van der Waals surface area (Å²) in [5, 5.41) is 12.8. The standard InChI is InChI=1S/C19H29N3O4.2H2O/c1-11(2)15(23)17(25)21-19(16(24)12(3)20)14-8-6-5-7-13(14)9-10-22(4)18(19)26;;/h6,8,11-12,15,23H,5,7,9-10,20H2,1-4H3,(H,21,25);2*1H2/t12-,15-,19-;;/m0../s1. The van der Waals surface area contributed by atoms with Crippen LogP contribution in [-0.2, 0) is 14.4 Å². The molecule has 0 radical (unpaired) electrons. The number of Topliss-reactive ketones (excluding diaryl/α,β-unsaturated/α-hetero) is 1. The van der Waals surface area contributed by atoms with Gasteiger partial charge < -0.3 is 32.0 Å². The van der Waals surface area contributed by atoms with Gasteiger partial charge in [0.25, 0.3) is 11.8 Å². The summed E-state index contributed by atoms with van der Waals surface area (Å²) in [5.74, 6) is -2.19. The van der Waals surface area contributed by atoms with E-state index in [0.717, 1.165) is 18.4 Å². The highest BCUT2D eigenvalue weighted by atomic mass is 16.3. The van der Waals surface area contributed by atoms with Gasteiger partial charge in [0, 0.05) is 13.6 Å². The Balaban J connectivity index is 0.00000364. The molecule has 0 bridgehead atoms. The summed E-state index contributed by atoms with van der Waals surface area (Å²) in [6, 6.07) is -0.953. The Morgan fingerprint density at radius 2 is 1.86 bits per heavy atom. The lowest BCUT2D eigenvalue weighted by Gasteiger charge is -2.37. The minimum Gasteiger partial charge on any atom is -0.412 e. The molecule has 0 aromatic rings. The minimum absolute atomic E-state index is 0. The van der Waals surface area contributed by atoms with E-state index in [9.17, 15) is 19.5 Å². The van der Waals surface area contributed by atoms with E-state index >= 15 is 0 Å². The molecular formula is C19H33N3O6. The number of hydrogen-bond donors (Lipinski definition) is 3. The molecule has 2 amide bonds. The zero-order valence-electron chi connectivity index (χ0n) is 16.9. The number of rotatable bonds is 5. The predicted molar refractivity (Wildman–Crippen MR) is 105 cm³/mol. The maximum absolute atomic E-state index is 13.3. The number of nitrogens with two attached hydrogens (primary N) is 1. The van der Waals surface area contributed by atoms with Crippen molar-refractivity contribution in [2.75, 3.05) is 13.6 Å². The average Bonchev–Trinajstić information content (AvgIpc) is 2.71. The maximum atomic E-state index is 13.3. The first-order valence-electron chi connectivity index (χ1n) is 9.07. The van der Waals surface area contributed by atoms with Crippen molar-refractivity contribution in [2.24, 2.45) is 11.7 Å². The molecule has 8 N–H and O–H groups in total. The second kappa shape index (κ2) is 9.92. The van der Waals surface area contributed by atoms with Gasteiger partial charge in [0.05, 0.1) is 6.04 Å². The van der Waals surface area contributed by atoms with E-state index in [4.69, 9.17) is 5.73 Å². The molecule has 3 atom stereocenters. The van der Waals surface area contributed by atoms with Crippen LogP contribution in [0.1, 0.15) is 40.0 Å².